The van der Waals surface area contributed by atoms with Crippen LogP contribution < -0.4 is 15.4 Å². The number of nitro groups is 1. The molecule has 0 radical (unpaired) electrons. The highest BCUT2D eigenvalue weighted by molar-refractivity contribution is 6.05. The average molecular weight is 425 g/mol. The number of imidazole rings is 1. The number of aryl methyl sites for hydroxylation is 1. The van der Waals surface area contributed by atoms with Gasteiger partial charge in [0.2, 0.25) is 5.91 Å². The lowest BCUT2D eigenvalue weighted by Crippen LogP contribution is -2.25. The number of anilines is 1. The van der Waals surface area contributed by atoms with Crippen LogP contribution in [0.15, 0.2) is 36.4 Å². The lowest BCUT2D eigenvalue weighted by atomic mass is 10.1. The van der Waals surface area contributed by atoms with Gasteiger partial charge in [-0.25, -0.2) is 4.98 Å². The van der Waals surface area contributed by atoms with Crippen LogP contribution in [0.25, 0.3) is 11.0 Å². The third kappa shape index (κ3) is 4.80. The molecule has 2 amide bonds. The van der Waals surface area contributed by atoms with Crippen LogP contribution in [0.2, 0.25) is 0 Å². The number of rotatable bonds is 8. The zero-order chi connectivity index (χ0) is 22.5. The van der Waals surface area contributed by atoms with E-state index in [9.17, 15) is 19.7 Å². The smallest absolute Gasteiger partial charge is 0.311 e. The van der Waals surface area contributed by atoms with E-state index in [4.69, 9.17) is 4.74 Å². The number of hydrogen-bond donors (Lipinski definition) is 2. The summed E-state index contributed by atoms with van der Waals surface area (Å²) in [4.78, 5) is 39.2. The van der Waals surface area contributed by atoms with Crippen LogP contribution in [0.1, 0.15) is 29.5 Å². The average Bonchev–Trinajstić information content (AvgIpc) is 3.07. The molecule has 162 valence electrons. The van der Waals surface area contributed by atoms with Crippen LogP contribution in [-0.2, 0) is 18.3 Å². The van der Waals surface area contributed by atoms with Gasteiger partial charge in [-0.1, -0.05) is 6.92 Å². The zero-order valence-electron chi connectivity index (χ0n) is 17.5. The normalized spacial score (nSPS) is 10.7. The van der Waals surface area contributed by atoms with Crippen molar-refractivity contribution in [2.75, 3.05) is 19.0 Å². The fourth-order valence-corrected chi connectivity index (χ4v) is 3.17. The highest BCUT2D eigenvalue weighted by Gasteiger charge is 2.18. The Balaban J connectivity index is 1.77. The first-order valence-electron chi connectivity index (χ1n) is 9.69. The third-order valence-corrected chi connectivity index (χ3v) is 4.86. The van der Waals surface area contributed by atoms with Gasteiger partial charge in [-0.2, -0.15) is 0 Å². The standard InChI is InChI=1S/C21H23N5O5/c1-4-20(27)22-10-9-19-24-15-12-14(6-7-16(15)25(19)2)23-21(28)13-5-8-18(31-3)17(11-13)26(29)30/h5-8,11-12H,4,9-10H2,1-3H3,(H,22,27)(H,23,28). The summed E-state index contributed by atoms with van der Waals surface area (Å²) < 4.78 is 6.90. The summed E-state index contributed by atoms with van der Waals surface area (Å²) >= 11 is 0. The number of nitrogens with zero attached hydrogens (tertiary/aromatic N) is 3. The maximum absolute atomic E-state index is 12.6. The van der Waals surface area contributed by atoms with Crippen molar-refractivity contribution in [3.05, 3.63) is 57.9 Å². The molecule has 0 aliphatic rings. The van der Waals surface area contributed by atoms with Crippen molar-refractivity contribution in [3.63, 3.8) is 0 Å². The van der Waals surface area contributed by atoms with Crippen molar-refractivity contribution in [2.45, 2.75) is 19.8 Å². The summed E-state index contributed by atoms with van der Waals surface area (Å²) in [6.07, 6.45) is 1.01. The van der Waals surface area contributed by atoms with Crippen molar-refractivity contribution in [1.82, 2.24) is 14.9 Å². The summed E-state index contributed by atoms with van der Waals surface area (Å²) in [7, 11) is 3.22. The van der Waals surface area contributed by atoms with E-state index in [2.05, 4.69) is 15.6 Å². The second kappa shape index (κ2) is 9.24. The molecule has 3 rings (SSSR count). The molecule has 0 saturated carbocycles. The summed E-state index contributed by atoms with van der Waals surface area (Å²) in [6, 6.07) is 9.34. The van der Waals surface area contributed by atoms with E-state index < -0.39 is 10.8 Å². The maximum Gasteiger partial charge on any atom is 0.311 e. The Morgan fingerprint density at radius 1 is 1.23 bits per heavy atom. The van der Waals surface area contributed by atoms with Crippen molar-refractivity contribution >= 4 is 34.2 Å². The highest BCUT2D eigenvalue weighted by Crippen LogP contribution is 2.28. The lowest BCUT2D eigenvalue weighted by Gasteiger charge is -2.07. The van der Waals surface area contributed by atoms with Crippen molar-refractivity contribution in [1.29, 1.82) is 0 Å². The molecule has 10 nitrogen and oxygen atoms in total. The molecule has 31 heavy (non-hydrogen) atoms. The molecular formula is C21H23N5O5. The molecule has 0 bridgehead atoms. The van der Waals surface area contributed by atoms with Gasteiger partial charge >= 0.3 is 5.69 Å². The SMILES string of the molecule is CCC(=O)NCCc1nc2cc(NC(=O)c3ccc(OC)c([N+](=O)[O-])c3)ccc2n1C. The number of amides is 2. The van der Waals surface area contributed by atoms with Gasteiger partial charge in [-0.15, -0.1) is 0 Å². The van der Waals surface area contributed by atoms with E-state index in [1.165, 1.54) is 25.3 Å². The minimum absolute atomic E-state index is 0.0115. The summed E-state index contributed by atoms with van der Waals surface area (Å²) in [5.41, 5.74) is 1.95. The number of carbonyl (C=O) groups excluding carboxylic acids is 2. The molecule has 0 spiro atoms. The fourth-order valence-electron chi connectivity index (χ4n) is 3.17. The van der Waals surface area contributed by atoms with E-state index in [0.29, 0.717) is 30.6 Å². The number of fused-ring (bicyclic) bond motifs is 1. The Bertz CT molecular complexity index is 1150. The molecule has 2 aromatic carbocycles. The van der Waals surface area contributed by atoms with E-state index in [1.807, 2.05) is 17.7 Å². The van der Waals surface area contributed by atoms with E-state index in [0.717, 1.165) is 11.3 Å². The molecule has 2 N–H and O–H groups in total. The van der Waals surface area contributed by atoms with Crippen LogP contribution in [0, 0.1) is 10.1 Å². The van der Waals surface area contributed by atoms with Gasteiger partial charge in [0, 0.05) is 43.8 Å². The van der Waals surface area contributed by atoms with E-state index >= 15 is 0 Å². The van der Waals surface area contributed by atoms with Crippen molar-refractivity contribution < 1.29 is 19.2 Å². The van der Waals surface area contributed by atoms with Gasteiger partial charge in [0.15, 0.2) is 5.75 Å². The van der Waals surface area contributed by atoms with Crippen LogP contribution in [-0.4, -0.2) is 39.9 Å². The van der Waals surface area contributed by atoms with Gasteiger partial charge in [0.25, 0.3) is 5.91 Å². The lowest BCUT2D eigenvalue weighted by molar-refractivity contribution is -0.385. The molecule has 1 heterocycles. The van der Waals surface area contributed by atoms with E-state index in [-0.39, 0.29) is 22.9 Å². The molecular weight excluding hydrogens is 402 g/mol. The second-order valence-corrected chi connectivity index (χ2v) is 6.84. The van der Waals surface area contributed by atoms with Crippen LogP contribution >= 0.6 is 0 Å². The largest absolute Gasteiger partial charge is 0.490 e. The maximum atomic E-state index is 12.6. The van der Waals surface area contributed by atoms with Gasteiger partial charge in [-0.05, 0) is 30.3 Å². The highest BCUT2D eigenvalue weighted by atomic mass is 16.6. The number of methoxy groups -OCH3 is 1. The Hall–Kier alpha value is -3.95. The summed E-state index contributed by atoms with van der Waals surface area (Å²) in [5, 5.41) is 16.7. The number of benzene rings is 2. The number of carbonyl (C=O) groups is 2. The van der Waals surface area contributed by atoms with Crippen LogP contribution in [0.3, 0.4) is 0 Å². The van der Waals surface area contributed by atoms with Crippen LogP contribution in [0.4, 0.5) is 11.4 Å². The first-order valence-corrected chi connectivity index (χ1v) is 9.69. The van der Waals surface area contributed by atoms with E-state index in [1.54, 1.807) is 19.1 Å². The topological polar surface area (TPSA) is 128 Å². The molecule has 0 aliphatic carbocycles. The minimum Gasteiger partial charge on any atom is -0.490 e. The summed E-state index contributed by atoms with van der Waals surface area (Å²) in [6.45, 7) is 2.29. The predicted octanol–water partition coefficient (Wildman–Crippen LogP) is 2.81. The summed E-state index contributed by atoms with van der Waals surface area (Å²) in [5.74, 6) is 0.394. The van der Waals surface area contributed by atoms with Gasteiger partial charge in [0.05, 0.1) is 23.1 Å². The first-order chi connectivity index (χ1) is 14.8. The Labute approximate surface area is 178 Å². The fraction of sp³-hybridized carbons (Fsp3) is 0.286. The quantitative estimate of drug-likeness (QED) is 0.422. The first kappa shape index (κ1) is 21.8. The van der Waals surface area contributed by atoms with Gasteiger partial charge < -0.3 is 19.9 Å². The monoisotopic (exact) mass is 425 g/mol. The molecule has 0 fully saturated rings. The van der Waals surface area contributed by atoms with Crippen molar-refractivity contribution in [3.8, 4) is 5.75 Å². The molecule has 0 unspecified atom stereocenters. The molecule has 3 aromatic rings. The van der Waals surface area contributed by atoms with Crippen molar-refractivity contribution in [2.24, 2.45) is 7.05 Å². The number of hydrogen-bond acceptors (Lipinski definition) is 6. The number of nitro benzene ring substituents is 1. The zero-order valence-corrected chi connectivity index (χ0v) is 17.5. The molecule has 0 atom stereocenters. The molecule has 0 aliphatic heterocycles. The predicted molar refractivity (Wildman–Crippen MR) is 115 cm³/mol. The number of aromatic nitrogens is 2. The molecule has 0 saturated heterocycles. The number of nitrogens with one attached hydrogen (secondary N) is 2. The van der Waals surface area contributed by atoms with Gasteiger partial charge in [0.1, 0.15) is 5.82 Å². The number of ether oxygens (including phenoxy) is 1. The molecule has 1 aromatic heterocycles. The Morgan fingerprint density at radius 3 is 2.68 bits per heavy atom. The third-order valence-electron chi connectivity index (χ3n) is 4.86. The second-order valence-electron chi connectivity index (χ2n) is 6.84. The molecule has 10 heteroatoms. The van der Waals surface area contributed by atoms with Gasteiger partial charge in [-0.3, -0.25) is 19.7 Å². The van der Waals surface area contributed by atoms with Crippen LogP contribution in [0.5, 0.6) is 5.75 Å². The Kier molecular flexibility index (Phi) is 6.49. The Morgan fingerprint density at radius 2 is 2.00 bits per heavy atom. The minimum atomic E-state index is -0.597.